The molecule has 1 aliphatic rings. The lowest BCUT2D eigenvalue weighted by atomic mass is 9.95. The van der Waals surface area contributed by atoms with Gasteiger partial charge in [0.1, 0.15) is 11.5 Å². The first-order chi connectivity index (χ1) is 20.2. The van der Waals surface area contributed by atoms with E-state index in [0.717, 1.165) is 11.3 Å². The van der Waals surface area contributed by atoms with Crippen LogP contribution in [0.4, 0.5) is 5.69 Å². The lowest BCUT2D eigenvalue weighted by Crippen LogP contribution is -2.39. The van der Waals surface area contributed by atoms with Gasteiger partial charge in [-0.15, -0.1) is 0 Å². The summed E-state index contributed by atoms with van der Waals surface area (Å²) in [5, 5.41) is 11.6. The number of furan rings is 1. The number of nitrogens with zero attached hydrogens (tertiary/aromatic N) is 3. The van der Waals surface area contributed by atoms with E-state index in [9.17, 15) is 19.7 Å². The Morgan fingerprint density at radius 2 is 1.93 bits per heavy atom. The first kappa shape index (κ1) is 29.0. The van der Waals surface area contributed by atoms with Crippen molar-refractivity contribution in [3.8, 4) is 22.8 Å². The Morgan fingerprint density at radius 3 is 2.62 bits per heavy atom. The van der Waals surface area contributed by atoms with Crippen LogP contribution in [0.25, 0.3) is 17.4 Å². The molecule has 11 nitrogen and oxygen atoms in total. The predicted molar refractivity (Wildman–Crippen MR) is 158 cm³/mol. The van der Waals surface area contributed by atoms with Gasteiger partial charge in [0, 0.05) is 16.6 Å². The van der Waals surface area contributed by atoms with Gasteiger partial charge in [-0.25, -0.2) is 9.79 Å². The number of fused-ring (bicyclic) bond motifs is 1. The average molecular weight is 654 g/mol. The van der Waals surface area contributed by atoms with Crippen LogP contribution in [0.1, 0.15) is 31.2 Å². The van der Waals surface area contributed by atoms with Crippen molar-refractivity contribution in [1.82, 2.24) is 4.57 Å². The number of halogens is 1. The molecule has 2 aromatic heterocycles. The van der Waals surface area contributed by atoms with E-state index in [4.69, 9.17) is 18.6 Å². The first-order valence-corrected chi connectivity index (χ1v) is 14.2. The maximum absolute atomic E-state index is 13.9. The largest absolute Gasteiger partial charge is 0.493 e. The number of methoxy groups -OCH3 is 2. The molecule has 0 spiro atoms. The number of hydrogen-bond donors (Lipinski definition) is 0. The Hall–Kier alpha value is -4.49. The average Bonchev–Trinajstić information content (AvgIpc) is 3.55. The third kappa shape index (κ3) is 5.28. The lowest BCUT2D eigenvalue weighted by Gasteiger charge is -2.25. The van der Waals surface area contributed by atoms with E-state index in [1.165, 1.54) is 24.9 Å². The molecule has 0 aliphatic carbocycles. The molecule has 0 fully saturated rings. The summed E-state index contributed by atoms with van der Waals surface area (Å²) in [7, 11) is 3.02. The van der Waals surface area contributed by atoms with Gasteiger partial charge in [-0.2, -0.15) is 0 Å². The van der Waals surface area contributed by atoms with Gasteiger partial charge in [-0.05, 0) is 55.8 Å². The predicted octanol–water partition coefficient (Wildman–Crippen LogP) is 4.75. The molecule has 216 valence electrons. The molecule has 0 N–H and O–H groups in total. The second kappa shape index (κ2) is 11.8. The number of carbonyl (C=O) groups excluding carboxylic acids is 1. The number of rotatable bonds is 8. The molecule has 0 amide bonds. The van der Waals surface area contributed by atoms with E-state index in [1.54, 1.807) is 62.4 Å². The molecular formula is C29H24BrN3O8S. The van der Waals surface area contributed by atoms with E-state index < -0.39 is 22.5 Å². The van der Waals surface area contributed by atoms with E-state index in [2.05, 4.69) is 20.9 Å². The molecule has 0 bridgehead atoms. The summed E-state index contributed by atoms with van der Waals surface area (Å²) in [5.74, 6) is 0.930. The summed E-state index contributed by atoms with van der Waals surface area (Å²) in [6.07, 6.45) is 1.55. The van der Waals surface area contributed by atoms with Crippen molar-refractivity contribution in [2.24, 2.45) is 4.99 Å². The molecular weight excluding hydrogens is 630 g/mol. The zero-order chi connectivity index (χ0) is 30.1. The summed E-state index contributed by atoms with van der Waals surface area (Å²) in [5.41, 5.74) is 1.02. The quantitative estimate of drug-likeness (QED) is 0.151. The van der Waals surface area contributed by atoms with Crippen molar-refractivity contribution in [3.63, 3.8) is 0 Å². The highest BCUT2D eigenvalue weighted by molar-refractivity contribution is 9.10. The van der Waals surface area contributed by atoms with Crippen LogP contribution >= 0.6 is 27.3 Å². The van der Waals surface area contributed by atoms with Crippen molar-refractivity contribution < 1.29 is 28.3 Å². The van der Waals surface area contributed by atoms with Crippen molar-refractivity contribution in [2.75, 3.05) is 20.8 Å². The van der Waals surface area contributed by atoms with Crippen LogP contribution in [0.15, 0.2) is 78.5 Å². The second-order valence-corrected chi connectivity index (χ2v) is 11.0. The van der Waals surface area contributed by atoms with Crippen LogP contribution in [0.2, 0.25) is 0 Å². The molecule has 2 aromatic carbocycles. The molecule has 1 aliphatic heterocycles. The van der Waals surface area contributed by atoms with E-state index in [1.807, 2.05) is 0 Å². The van der Waals surface area contributed by atoms with Gasteiger partial charge in [0.15, 0.2) is 16.3 Å². The summed E-state index contributed by atoms with van der Waals surface area (Å²) < 4.78 is 24.4. The van der Waals surface area contributed by atoms with Gasteiger partial charge in [0.2, 0.25) is 0 Å². The van der Waals surface area contributed by atoms with Crippen molar-refractivity contribution in [3.05, 3.63) is 105 Å². The maximum Gasteiger partial charge on any atom is 0.338 e. The minimum atomic E-state index is -0.847. The smallest absolute Gasteiger partial charge is 0.338 e. The van der Waals surface area contributed by atoms with Gasteiger partial charge in [-0.3, -0.25) is 19.5 Å². The van der Waals surface area contributed by atoms with Crippen molar-refractivity contribution >= 4 is 45.0 Å². The summed E-state index contributed by atoms with van der Waals surface area (Å²) in [4.78, 5) is 43.1. The number of allylic oxidation sites excluding steroid dienone is 1. The van der Waals surface area contributed by atoms with Gasteiger partial charge in [0.25, 0.3) is 11.2 Å². The van der Waals surface area contributed by atoms with Gasteiger partial charge in [-0.1, -0.05) is 33.3 Å². The van der Waals surface area contributed by atoms with Crippen LogP contribution in [0.3, 0.4) is 0 Å². The Balaban J connectivity index is 1.65. The molecule has 3 heterocycles. The SMILES string of the molecule is CCOC(=O)C1=C(C)N=c2s/c(=C\c3ccc(-c4ccc(Br)cc4[N+](=O)[O-])o3)c(=O)n2[C@@H]1c1ccc(OC)c(OC)c1. The number of nitro benzene ring substituents is 1. The number of thiazole rings is 1. The number of ether oxygens (including phenoxy) is 3. The summed E-state index contributed by atoms with van der Waals surface area (Å²) >= 11 is 4.38. The monoisotopic (exact) mass is 653 g/mol. The number of aromatic nitrogens is 1. The number of hydrogen-bond acceptors (Lipinski definition) is 10. The standard InChI is InChI=1S/C29H24BrN3O8S/c1-5-40-28(35)25-15(2)31-29-32(26(25)16-6-10-22(38-3)23(12-16)39-4)27(34)24(42-29)14-18-8-11-21(41-18)19-9-7-17(30)13-20(19)33(36)37/h6-14,26H,5H2,1-4H3/b24-14-/t26-/m1/s1. The van der Waals surface area contributed by atoms with Crippen molar-refractivity contribution in [1.29, 1.82) is 0 Å². The van der Waals surface area contributed by atoms with E-state index in [-0.39, 0.29) is 23.6 Å². The van der Waals surface area contributed by atoms with Gasteiger partial charge < -0.3 is 18.6 Å². The number of carbonyl (C=O) groups is 1. The Labute approximate surface area is 251 Å². The third-order valence-electron chi connectivity index (χ3n) is 6.56. The minimum absolute atomic E-state index is 0.124. The number of nitro groups is 1. The zero-order valence-electron chi connectivity index (χ0n) is 22.9. The highest BCUT2D eigenvalue weighted by Crippen LogP contribution is 2.36. The molecule has 0 saturated heterocycles. The fraction of sp³-hybridized carbons (Fsp3) is 0.207. The first-order valence-electron chi connectivity index (χ1n) is 12.6. The highest BCUT2D eigenvalue weighted by Gasteiger charge is 2.34. The Morgan fingerprint density at radius 1 is 1.17 bits per heavy atom. The lowest BCUT2D eigenvalue weighted by molar-refractivity contribution is -0.384. The van der Waals surface area contributed by atoms with Crippen LogP contribution in [0.5, 0.6) is 11.5 Å². The molecule has 1 atom stereocenters. The van der Waals surface area contributed by atoms with Crippen molar-refractivity contribution in [2.45, 2.75) is 19.9 Å². The Bertz CT molecular complexity index is 1940. The van der Waals surface area contributed by atoms with Crippen LogP contribution in [0, 0.1) is 10.1 Å². The topological polar surface area (TPSA) is 135 Å². The molecule has 42 heavy (non-hydrogen) atoms. The second-order valence-electron chi connectivity index (χ2n) is 9.04. The third-order valence-corrected chi connectivity index (χ3v) is 8.04. The van der Waals surface area contributed by atoms with Crippen LogP contribution in [-0.2, 0) is 9.53 Å². The molecule has 0 unspecified atom stereocenters. The number of esters is 1. The molecule has 0 radical (unpaired) electrons. The van der Waals surface area contributed by atoms with Gasteiger partial charge >= 0.3 is 5.97 Å². The molecule has 4 aromatic rings. The minimum Gasteiger partial charge on any atom is -0.493 e. The van der Waals surface area contributed by atoms with E-state index in [0.29, 0.717) is 47.9 Å². The summed E-state index contributed by atoms with van der Waals surface area (Å²) in [6, 6.07) is 12.2. The summed E-state index contributed by atoms with van der Waals surface area (Å²) in [6.45, 7) is 3.55. The fourth-order valence-electron chi connectivity index (χ4n) is 4.70. The Kier molecular flexibility index (Phi) is 8.14. The zero-order valence-corrected chi connectivity index (χ0v) is 25.3. The highest BCUT2D eigenvalue weighted by atomic mass is 79.9. The molecule has 5 rings (SSSR count). The van der Waals surface area contributed by atoms with E-state index >= 15 is 0 Å². The van der Waals surface area contributed by atoms with Crippen LogP contribution < -0.4 is 24.4 Å². The molecule has 0 saturated carbocycles. The van der Waals surface area contributed by atoms with Gasteiger partial charge in [0.05, 0.1) is 53.2 Å². The maximum atomic E-state index is 13.9. The molecule has 13 heteroatoms. The number of benzene rings is 2. The van der Waals surface area contributed by atoms with Crippen LogP contribution in [-0.4, -0.2) is 36.3 Å². The fourth-order valence-corrected chi connectivity index (χ4v) is 6.07. The normalized spacial score (nSPS) is 14.8.